The molecule has 0 aromatic heterocycles. The maximum Gasteiger partial charge on any atom is 0.282 e. The average molecular weight is 200 g/mol. The first-order chi connectivity index (χ1) is 5.52. The molecule has 0 saturated carbocycles. The molecule has 2 nitrogen and oxygen atoms in total. The first-order valence-corrected chi connectivity index (χ1v) is 3.91. The van der Waals surface area contributed by atoms with Gasteiger partial charge >= 0.3 is 0 Å². The molecule has 5 heteroatoms. The Hall–Kier alpha value is -0.190. The Labute approximate surface area is 75.2 Å². The summed E-state index contributed by atoms with van der Waals surface area (Å²) in [5, 5.41) is 10.7. The van der Waals surface area contributed by atoms with E-state index in [2.05, 4.69) is 5.32 Å². The number of aliphatic hydroxyl groups excluding tert-OH is 1. The number of rotatable bonds is 5. The van der Waals surface area contributed by atoms with E-state index in [0.717, 1.165) is 5.57 Å². The van der Waals surface area contributed by atoms with Gasteiger partial charge in [0, 0.05) is 12.1 Å². The molecule has 0 aromatic carbocycles. The van der Waals surface area contributed by atoms with Gasteiger partial charge in [0.2, 0.25) is 0 Å². The molecule has 0 amide bonds. The summed E-state index contributed by atoms with van der Waals surface area (Å²) in [5.41, 5.74) is 2.09. The molecular formula is C7H12ClF2NO. The third kappa shape index (κ3) is 5.46. The van der Waals surface area contributed by atoms with Crippen molar-refractivity contribution >= 4 is 11.6 Å². The number of alkyl halides is 2. The lowest BCUT2D eigenvalue weighted by atomic mass is 10.3. The Kier molecular flexibility index (Phi) is 5.37. The van der Waals surface area contributed by atoms with Crippen molar-refractivity contribution in [2.75, 3.05) is 19.7 Å². The second-order valence-electron chi connectivity index (χ2n) is 2.57. The van der Waals surface area contributed by atoms with Crippen LogP contribution in [-0.4, -0.2) is 30.7 Å². The van der Waals surface area contributed by atoms with E-state index < -0.39 is 19.1 Å². The molecule has 0 atom stereocenters. The highest BCUT2D eigenvalue weighted by Crippen LogP contribution is 2.09. The van der Waals surface area contributed by atoms with Gasteiger partial charge in [-0.1, -0.05) is 11.6 Å². The predicted octanol–water partition coefficient (Wildman–Crippen LogP) is 1.35. The molecular weight excluding hydrogens is 188 g/mol. The molecule has 0 heterocycles. The summed E-state index contributed by atoms with van der Waals surface area (Å²) >= 11 is 5.30. The van der Waals surface area contributed by atoms with Gasteiger partial charge in [0.05, 0.1) is 6.54 Å². The quantitative estimate of drug-likeness (QED) is 0.701. The molecule has 12 heavy (non-hydrogen) atoms. The zero-order valence-electron chi connectivity index (χ0n) is 6.78. The van der Waals surface area contributed by atoms with Crippen molar-refractivity contribution in [2.24, 2.45) is 0 Å². The molecule has 72 valence electrons. The van der Waals surface area contributed by atoms with Crippen LogP contribution in [0, 0.1) is 0 Å². The SMILES string of the molecule is CC(=CCl)CNCC(F)(F)CO. The lowest BCUT2D eigenvalue weighted by molar-refractivity contribution is -0.0469. The Morgan fingerprint density at radius 3 is 2.67 bits per heavy atom. The van der Waals surface area contributed by atoms with Gasteiger partial charge < -0.3 is 10.4 Å². The molecule has 0 spiro atoms. The number of aliphatic hydroxyl groups is 1. The Morgan fingerprint density at radius 2 is 2.25 bits per heavy atom. The number of hydrogen-bond acceptors (Lipinski definition) is 2. The standard InChI is InChI=1S/C7H12ClF2NO/c1-6(2-8)3-11-4-7(9,10)5-12/h2,11-12H,3-5H2,1H3. The van der Waals surface area contributed by atoms with E-state index in [9.17, 15) is 8.78 Å². The van der Waals surface area contributed by atoms with Gasteiger partial charge in [0.25, 0.3) is 5.92 Å². The largest absolute Gasteiger partial charge is 0.390 e. The van der Waals surface area contributed by atoms with Crippen LogP contribution in [0.3, 0.4) is 0 Å². The van der Waals surface area contributed by atoms with Crippen molar-refractivity contribution in [3.05, 3.63) is 11.1 Å². The molecule has 0 fully saturated rings. The van der Waals surface area contributed by atoms with Crippen LogP contribution >= 0.6 is 11.6 Å². The van der Waals surface area contributed by atoms with E-state index in [0.29, 0.717) is 6.54 Å². The third-order valence-corrected chi connectivity index (χ3v) is 1.58. The molecule has 0 aliphatic heterocycles. The van der Waals surface area contributed by atoms with Gasteiger partial charge in [-0.2, -0.15) is 0 Å². The number of hydrogen-bond donors (Lipinski definition) is 2. The van der Waals surface area contributed by atoms with Crippen LogP contribution in [0.1, 0.15) is 6.92 Å². The van der Waals surface area contributed by atoms with Gasteiger partial charge in [0.1, 0.15) is 6.61 Å². The predicted molar refractivity (Wildman–Crippen MR) is 44.5 cm³/mol. The first-order valence-electron chi connectivity index (χ1n) is 3.47. The molecule has 0 aromatic rings. The third-order valence-electron chi connectivity index (χ3n) is 1.21. The molecule has 0 bridgehead atoms. The minimum atomic E-state index is -3.05. The number of halogens is 3. The van der Waals surface area contributed by atoms with E-state index in [1.807, 2.05) is 0 Å². The zero-order chi connectivity index (χ0) is 9.61. The van der Waals surface area contributed by atoms with E-state index in [1.54, 1.807) is 6.92 Å². The maximum absolute atomic E-state index is 12.3. The van der Waals surface area contributed by atoms with Gasteiger partial charge in [-0.05, 0) is 12.5 Å². The highest BCUT2D eigenvalue weighted by molar-refractivity contribution is 6.25. The molecule has 0 unspecified atom stereocenters. The van der Waals surface area contributed by atoms with E-state index in [-0.39, 0.29) is 0 Å². The van der Waals surface area contributed by atoms with Crippen LogP contribution in [-0.2, 0) is 0 Å². The highest BCUT2D eigenvalue weighted by Gasteiger charge is 2.26. The zero-order valence-corrected chi connectivity index (χ0v) is 7.54. The van der Waals surface area contributed by atoms with Crippen molar-refractivity contribution in [2.45, 2.75) is 12.8 Å². The van der Waals surface area contributed by atoms with Crippen molar-refractivity contribution in [3.8, 4) is 0 Å². The highest BCUT2D eigenvalue weighted by atomic mass is 35.5. The summed E-state index contributed by atoms with van der Waals surface area (Å²) in [6.45, 7) is 0.353. The van der Waals surface area contributed by atoms with Gasteiger partial charge in [-0.3, -0.25) is 0 Å². The number of nitrogens with one attached hydrogen (secondary N) is 1. The summed E-state index contributed by atoms with van der Waals surface area (Å²) in [6.07, 6.45) is 0. The van der Waals surface area contributed by atoms with Crippen LogP contribution in [0.4, 0.5) is 8.78 Å². The molecule has 0 aliphatic carbocycles. The molecule has 2 N–H and O–H groups in total. The second-order valence-corrected chi connectivity index (χ2v) is 2.79. The van der Waals surface area contributed by atoms with Crippen molar-refractivity contribution in [3.63, 3.8) is 0 Å². The topological polar surface area (TPSA) is 32.3 Å². The van der Waals surface area contributed by atoms with Crippen LogP contribution in [0.5, 0.6) is 0 Å². The summed E-state index contributed by atoms with van der Waals surface area (Å²) < 4.78 is 24.7. The van der Waals surface area contributed by atoms with Gasteiger partial charge in [0.15, 0.2) is 0 Å². The Bertz CT molecular complexity index is 161. The fourth-order valence-electron chi connectivity index (χ4n) is 0.537. The Balaban J connectivity index is 3.56. The Morgan fingerprint density at radius 1 is 1.67 bits per heavy atom. The van der Waals surface area contributed by atoms with Crippen LogP contribution in [0.25, 0.3) is 0 Å². The molecule has 0 aliphatic rings. The van der Waals surface area contributed by atoms with Gasteiger partial charge in [-0.15, -0.1) is 0 Å². The summed E-state index contributed by atoms with van der Waals surface area (Å²) in [6, 6.07) is 0. The minimum Gasteiger partial charge on any atom is -0.390 e. The van der Waals surface area contributed by atoms with E-state index in [4.69, 9.17) is 16.7 Å². The summed E-state index contributed by atoms with van der Waals surface area (Å²) in [4.78, 5) is 0. The second kappa shape index (κ2) is 5.45. The summed E-state index contributed by atoms with van der Waals surface area (Å²) in [7, 11) is 0. The molecule has 0 radical (unpaired) electrons. The molecule has 0 saturated heterocycles. The fourth-order valence-corrected chi connectivity index (χ4v) is 0.614. The smallest absolute Gasteiger partial charge is 0.282 e. The van der Waals surface area contributed by atoms with Crippen LogP contribution in [0.15, 0.2) is 11.1 Å². The van der Waals surface area contributed by atoms with Crippen LogP contribution < -0.4 is 5.32 Å². The van der Waals surface area contributed by atoms with Crippen molar-refractivity contribution in [1.82, 2.24) is 5.32 Å². The molecule has 0 rings (SSSR count). The van der Waals surface area contributed by atoms with E-state index >= 15 is 0 Å². The van der Waals surface area contributed by atoms with Crippen LogP contribution in [0.2, 0.25) is 0 Å². The average Bonchev–Trinajstić information content (AvgIpc) is 2.04. The van der Waals surface area contributed by atoms with Crippen molar-refractivity contribution in [1.29, 1.82) is 0 Å². The maximum atomic E-state index is 12.3. The monoisotopic (exact) mass is 199 g/mol. The van der Waals surface area contributed by atoms with Gasteiger partial charge in [-0.25, -0.2) is 8.78 Å². The first kappa shape index (κ1) is 11.8. The van der Waals surface area contributed by atoms with E-state index in [1.165, 1.54) is 5.54 Å². The minimum absolute atomic E-state index is 0.305. The fraction of sp³-hybridized carbons (Fsp3) is 0.714. The normalized spacial score (nSPS) is 13.6. The van der Waals surface area contributed by atoms with Crippen molar-refractivity contribution < 1.29 is 13.9 Å². The lowest BCUT2D eigenvalue weighted by Crippen LogP contribution is -2.36. The lowest BCUT2D eigenvalue weighted by Gasteiger charge is -2.13. The summed E-state index contributed by atoms with van der Waals surface area (Å²) in [5.74, 6) is -3.05.